The number of aromatic nitrogens is 2. The molecule has 2 amide bonds. The minimum Gasteiger partial charge on any atom is -0.477 e. The third-order valence-electron chi connectivity index (χ3n) is 5.61. The summed E-state index contributed by atoms with van der Waals surface area (Å²) in [7, 11) is 0. The van der Waals surface area contributed by atoms with Gasteiger partial charge in [-0.15, -0.1) is 11.3 Å². The molecule has 0 fully saturated rings. The van der Waals surface area contributed by atoms with Crippen LogP contribution in [0.4, 0.5) is 5.69 Å². The van der Waals surface area contributed by atoms with E-state index in [0.717, 1.165) is 21.5 Å². The van der Waals surface area contributed by atoms with Crippen molar-refractivity contribution in [2.24, 2.45) is 5.73 Å². The largest absolute Gasteiger partial charge is 0.477 e. The Morgan fingerprint density at radius 1 is 1.16 bits per heavy atom. The number of aryl methyl sites for hydroxylation is 2. The molecule has 162 valence electrons. The number of carbonyl (C=O) groups excluding carboxylic acids is 2. The molecule has 0 aliphatic carbocycles. The van der Waals surface area contributed by atoms with Crippen molar-refractivity contribution < 1.29 is 14.3 Å². The van der Waals surface area contributed by atoms with E-state index in [0.29, 0.717) is 22.9 Å². The summed E-state index contributed by atoms with van der Waals surface area (Å²) < 4.78 is 7.63. The fraction of sp³-hybridized carbons (Fsp3) is 0.208. The number of benzene rings is 2. The Hall–Kier alpha value is -3.65. The monoisotopic (exact) mass is 446 g/mol. The third kappa shape index (κ3) is 3.52. The van der Waals surface area contributed by atoms with E-state index >= 15 is 0 Å². The Bertz CT molecular complexity index is 1340. The molecule has 2 aromatic carbocycles. The van der Waals surface area contributed by atoms with Crippen LogP contribution < -0.4 is 15.4 Å². The number of primary amides is 1. The fourth-order valence-electron chi connectivity index (χ4n) is 3.90. The fourth-order valence-corrected chi connectivity index (χ4v) is 5.01. The van der Waals surface area contributed by atoms with Gasteiger partial charge in [0.25, 0.3) is 11.8 Å². The second-order valence-electron chi connectivity index (χ2n) is 7.95. The zero-order valence-electron chi connectivity index (χ0n) is 17.7. The number of rotatable bonds is 4. The zero-order chi connectivity index (χ0) is 22.4. The number of amides is 2. The lowest BCUT2D eigenvalue weighted by molar-refractivity contribution is -0.124. The standard InChI is InChI=1S/C24H22N4O3S/c1-14-7-9-16(10-8-14)12-28-24-17(15(2)26-28)11-21(32-24)23(30)27-13-20(22(25)29)31-19-6-4-3-5-18(19)27/h3-11,20H,12-13H2,1-2H3,(H2,25,29)/t20-/m1/s1. The van der Waals surface area contributed by atoms with Crippen LogP contribution in [0.5, 0.6) is 5.75 Å². The number of nitrogens with two attached hydrogens (primary N) is 1. The van der Waals surface area contributed by atoms with E-state index in [1.807, 2.05) is 29.8 Å². The molecule has 0 saturated heterocycles. The van der Waals surface area contributed by atoms with Gasteiger partial charge in [0.1, 0.15) is 10.6 Å². The minimum atomic E-state index is -0.887. The summed E-state index contributed by atoms with van der Waals surface area (Å²) in [6, 6.07) is 17.4. The average molecular weight is 447 g/mol. The van der Waals surface area contributed by atoms with Gasteiger partial charge in [0.2, 0.25) is 0 Å². The lowest BCUT2D eigenvalue weighted by Crippen LogP contribution is -2.49. The van der Waals surface area contributed by atoms with Gasteiger partial charge in [-0.25, -0.2) is 0 Å². The van der Waals surface area contributed by atoms with Crippen molar-refractivity contribution in [3.05, 3.63) is 76.3 Å². The molecule has 32 heavy (non-hydrogen) atoms. The Labute approximate surface area is 189 Å². The predicted molar refractivity (Wildman–Crippen MR) is 124 cm³/mol. The van der Waals surface area contributed by atoms with Crippen LogP contribution in [0.1, 0.15) is 26.5 Å². The molecule has 3 heterocycles. The van der Waals surface area contributed by atoms with E-state index in [4.69, 9.17) is 10.5 Å². The molecule has 1 atom stereocenters. The first kappa shape index (κ1) is 20.3. The third-order valence-corrected chi connectivity index (χ3v) is 6.74. The number of thiophene rings is 1. The van der Waals surface area contributed by atoms with E-state index in [1.54, 1.807) is 17.0 Å². The Balaban J connectivity index is 1.50. The van der Waals surface area contributed by atoms with Crippen molar-refractivity contribution in [1.82, 2.24) is 9.78 Å². The smallest absolute Gasteiger partial charge is 0.268 e. The van der Waals surface area contributed by atoms with Gasteiger partial charge >= 0.3 is 0 Å². The topological polar surface area (TPSA) is 90.5 Å². The van der Waals surface area contributed by atoms with Crippen LogP contribution in [0.3, 0.4) is 0 Å². The molecule has 2 aromatic heterocycles. The first-order chi connectivity index (χ1) is 15.4. The van der Waals surface area contributed by atoms with Crippen molar-refractivity contribution in [2.75, 3.05) is 11.4 Å². The van der Waals surface area contributed by atoms with E-state index in [1.165, 1.54) is 16.9 Å². The van der Waals surface area contributed by atoms with Crippen LogP contribution in [-0.2, 0) is 11.3 Å². The maximum atomic E-state index is 13.5. The van der Waals surface area contributed by atoms with Crippen molar-refractivity contribution in [3.63, 3.8) is 0 Å². The summed E-state index contributed by atoms with van der Waals surface area (Å²) in [5.41, 5.74) is 9.34. The molecule has 0 bridgehead atoms. The Kier molecular flexibility index (Phi) is 4.94. The molecule has 5 rings (SSSR count). The molecule has 4 aromatic rings. The van der Waals surface area contributed by atoms with Crippen molar-refractivity contribution >= 4 is 39.1 Å². The normalized spacial score (nSPS) is 15.4. The average Bonchev–Trinajstić information content (AvgIpc) is 3.35. The number of para-hydroxylation sites is 2. The molecule has 0 spiro atoms. The van der Waals surface area contributed by atoms with E-state index in [2.05, 4.69) is 36.3 Å². The van der Waals surface area contributed by atoms with E-state index in [-0.39, 0.29) is 12.5 Å². The SMILES string of the molecule is Cc1ccc(Cn2nc(C)c3cc(C(=O)N4C[C@H](C(N)=O)Oc5ccccc54)sc32)cc1. The molecule has 8 heteroatoms. The summed E-state index contributed by atoms with van der Waals surface area (Å²) in [6.07, 6.45) is -0.887. The highest BCUT2D eigenvalue weighted by atomic mass is 32.1. The van der Waals surface area contributed by atoms with Crippen LogP contribution in [0.15, 0.2) is 54.6 Å². The van der Waals surface area contributed by atoms with Crippen molar-refractivity contribution in [2.45, 2.75) is 26.5 Å². The molecular weight excluding hydrogens is 424 g/mol. The molecule has 2 N–H and O–H groups in total. The molecule has 0 unspecified atom stereocenters. The van der Waals surface area contributed by atoms with Gasteiger partial charge in [-0.2, -0.15) is 5.10 Å². The number of nitrogens with zero attached hydrogens (tertiary/aromatic N) is 3. The zero-order valence-corrected chi connectivity index (χ0v) is 18.6. The second-order valence-corrected chi connectivity index (χ2v) is 8.98. The number of hydrogen-bond acceptors (Lipinski definition) is 5. The highest BCUT2D eigenvalue weighted by Crippen LogP contribution is 2.36. The van der Waals surface area contributed by atoms with Gasteiger partial charge in [-0.05, 0) is 37.6 Å². The summed E-state index contributed by atoms with van der Waals surface area (Å²) in [4.78, 5) is 28.4. The van der Waals surface area contributed by atoms with Gasteiger partial charge in [-0.1, -0.05) is 42.0 Å². The van der Waals surface area contributed by atoms with Crippen LogP contribution in [0.25, 0.3) is 10.2 Å². The minimum absolute atomic E-state index is 0.0773. The molecule has 7 nitrogen and oxygen atoms in total. The molecule has 0 saturated carbocycles. The number of anilines is 1. The number of carbonyl (C=O) groups is 2. The van der Waals surface area contributed by atoms with Gasteiger partial charge in [0.05, 0.1) is 29.3 Å². The highest BCUT2D eigenvalue weighted by Gasteiger charge is 2.34. The number of hydrogen-bond donors (Lipinski definition) is 1. The van der Waals surface area contributed by atoms with Crippen LogP contribution in [-0.4, -0.2) is 34.2 Å². The number of fused-ring (bicyclic) bond motifs is 2. The van der Waals surface area contributed by atoms with Crippen LogP contribution >= 0.6 is 11.3 Å². The van der Waals surface area contributed by atoms with Gasteiger partial charge < -0.3 is 10.5 Å². The maximum Gasteiger partial charge on any atom is 0.268 e. The maximum absolute atomic E-state index is 13.5. The predicted octanol–water partition coefficient (Wildman–Crippen LogP) is 3.66. The van der Waals surface area contributed by atoms with Crippen molar-refractivity contribution in [3.8, 4) is 5.75 Å². The van der Waals surface area contributed by atoms with Crippen LogP contribution in [0, 0.1) is 13.8 Å². The summed E-state index contributed by atoms with van der Waals surface area (Å²) in [6.45, 7) is 4.71. The molecule has 1 aliphatic heterocycles. The van der Waals surface area contributed by atoms with Gasteiger partial charge in [-0.3, -0.25) is 19.2 Å². The van der Waals surface area contributed by atoms with E-state index < -0.39 is 12.0 Å². The second kappa shape index (κ2) is 7.80. The molecular formula is C24H22N4O3S. The summed E-state index contributed by atoms with van der Waals surface area (Å²) in [5.74, 6) is -0.313. The quantitative estimate of drug-likeness (QED) is 0.518. The van der Waals surface area contributed by atoms with Crippen LogP contribution in [0.2, 0.25) is 0 Å². The Morgan fingerprint density at radius 3 is 2.66 bits per heavy atom. The number of ether oxygens (including phenoxy) is 1. The molecule has 1 aliphatic rings. The van der Waals surface area contributed by atoms with E-state index in [9.17, 15) is 9.59 Å². The summed E-state index contributed by atoms with van der Waals surface area (Å²) in [5, 5.41) is 5.63. The van der Waals surface area contributed by atoms with Crippen molar-refractivity contribution in [1.29, 1.82) is 0 Å². The first-order valence-electron chi connectivity index (χ1n) is 10.3. The van der Waals surface area contributed by atoms with Gasteiger partial charge in [0, 0.05) is 5.39 Å². The molecule has 0 radical (unpaired) electrons. The first-order valence-corrected chi connectivity index (χ1v) is 11.1. The highest BCUT2D eigenvalue weighted by molar-refractivity contribution is 7.20. The lowest BCUT2D eigenvalue weighted by Gasteiger charge is -2.33. The summed E-state index contributed by atoms with van der Waals surface area (Å²) >= 11 is 1.41. The lowest BCUT2D eigenvalue weighted by atomic mass is 10.1. The Morgan fingerprint density at radius 2 is 1.91 bits per heavy atom. The van der Waals surface area contributed by atoms with Gasteiger partial charge in [0.15, 0.2) is 6.10 Å².